The molecule has 3 N–H and O–H groups in total. The van der Waals surface area contributed by atoms with E-state index in [-0.39, 0.29) is 42.8 Å². The van der Waals surface area contributed by atoms with E-state index in [2.05, 4.69) is 10.6 Å². The van der Waals surface area contributed by atoms with Gasteiger partial charge in [-0.05, 0) is 61.5 Å². The van der Waals surface area contributed by atoms with Gasteiger partial charge in [-0.25, -0.2) is 13.2 Å². The quantitative estimate of drug-likeness (QED) is 0.344. The first kappa shape index (κ1) is 31.3. The van der Waals surface area contributed by atoms with Gasteiger partial charge in [0.15, 0.2) is 0 Å². The average Bonchev–Trinajstić information content (AvgIpc) is 3.00. The lowest BCUT2D eigenvalue weighted by Gasteiger charge is -2.33. The Labute approximate surface area is 251 Å². The standard InChI is InChI=1S/C30H35ClN4O6S/c1-20-17-35(21(2)19-36)29(37)16-22-15-25(33-30(38)32-24-7-5-4-6-8-24)11-14-27(22)41-28(20)18-34(3)42(39,40)26-12-9-23(31)10-13-26/h4-15,20-21,28,36H,16-19H2,1-3H3,(H2,32,33,38)/t20-,21-,28+/m0/s1. The minimum atomic E-state index is -3.86. The van der Waals surface area contributed by atoms with Crippen LogP contribution in [0, 0.1) is 5.92 Å². The lowest BCUT2D eigenvalue weighted by molar-refractivity contribution is -0.134. The van der Waals surface area contributed by atoms with Gasteiger partial charge in [0.2, 0.25) is 15.9 Å². The third-order valence-electron chi connectivity index (χ3n) is 7.16. The fourth-order valence-electron chi connectivity index (χ4n) is 4.68. The van der Waals surface area contributed by atoms with Gasteiger partial charge in [0, 0.05) is 41.5 Å². The Morgan fingerprint density at radius 1 is 1.10 bits per heavy atom. The third-order valence-corrected chi connectivity index (χ3v) is 9.25. The summed E-state index contributed by atoms with van der Waals surface area (Å²) in [5, 5.41) is 15.8. The van der Waals surface area contributed by atoms with Crippen LogP contribution in [0.2, 0.25) is 5.02 Å². The van der Waals surface area contributed by atoms with Crippen molar-refractivity contribution < 1.29 is 27.9 Å². The maximum Gasteiger partial charge on any atom is 0.323 e. The Kier molecular flexibility index (Phi) is 10.1. The molecular weight excluding hydrogens is 580 g/mol. The van der Waals surface area contributed by atoms with Crippen LogP contribution in [-0.4, -0.2) is 73.6 Å². The van der Waals surface area contributed by atoms with Crippen molar-refractivity contribution in [1.82, 2.24) is 9.21 Å². The monoisotopic (exact) mass is 614 g/mol. The van der Waals surface area contributed by atoms with Crippen molar-refractivity contribution in [2.24, 2.45) is 5.92 Å². The van der Waals surface area contributed by atoms with Crippen LogP contribution in [-0.2, 0) is 21.2 Å². The number of hydrogen-bond donors (Lipinski definition) is 3. The second-order valence-corrected chi connectivity index (χ2v) is 12.9. The Bertz CT molecular complexity index is 1500. The highest BCUT2D eigenvalue weighted by Crippen LogP contribution is 2.30. The molecule has 1 aliphatic heterocycles. The molecule has 0 radical (unpaired) electrons. The molecule has 0 unspecified atom stereocenters. The molecule has 0 fully saturated rings. The minimum Gasteiger partial charge on any atom is -0.488 e. The van der Waals surface area contributed by atoms with E-state index >= 15 is 0 Å². The van der Waals surface area contributed by atoms with Crippen LogP contribution >= 0.6 is 11.6 Å². The number of rotatable bonds is 8. The van der Waals surface area contributed by atoms with E-state index in [1.165, 1.54) is 35.6 Å². The van der Waals surface area contributed by atoms with Crippen LogP contribution < -0.4 is 15.4 Å². The summed E-state index contributed by atoms with van der Waals surface area (Å²) in [5.41, 5.74) is 1.60. The summed E-state index contributed by atoms with van der Waals surface area (Å²) in [5.74, 6) is -0.113. The van der Waals surface area contributed by atoms with Gasteiger partial charge in [0.05, 0.1) is 30.5 Å². The van der Waals surface area contributed by atoms with Gasteiger partial charge < -0.3 is 25.4 Å². The van der Waals surface area contributed by atoms with Crippen molar-refractivity contribution in [2.45, 2.75) is 37.3 Å². The Morgan fingerprint density at radius 2 is 1.76 bits per heavy atom. The van der Waals surface area contributed by atoms with E-state index in [1.54, 1.807) is 42.2 Å². The van der Waals surface area contributed by atoms with Crippen LogP contribution in [0.15, 0.2) is 77.7 Å². The van der Waals surface area contributed by atoms with Gasteiger partial charge in [-0.15, -0.1) is 0 Å². The zero-order valence-corrected chi connectivity index (χ0v) is 25.2. The summed E-state index contributed by atoms with van der Waals surface area (Å²) in [7, 11) is -2.38. The van der Waals surface area contributed by atoms with Crippen LogP contribution in [0.1, 0.15) is 19.4 Å². The molecule has 4 rings (SSSR count). The average molecular weight is 615 g/mol. The lowest BCUT2D eigenvalue weighted by Crippen LogP contribution is -2.48. The zero-order valence-electron chi connectivity index (χ0n) is 23.7. The molecule has 12 heteroatoms. The van der Waals surface area contributed by atoms with Crippen molar-refractivity contribution in [3.8, 4) is 5.75 Å². The fraction of sp³-hybridized carbons (Fsp3) is 0.333. The summed E-state index contributed by atoms with van der Waals surface area (Å²) in [4.78, 5) is 27.7. The number of halogens is 1. The van der Waals surface area contributed by atoms with E-state index in [0.29, 0.717) is 27.7 Å². The number of likely N-dealkylation sites (N-methyl/N-ethyl adjacent to an activating group) is 1. The number of carbonyl (C=O) groups is 2. The van der Waals surface area contributed by atoms with Crippen LogP contribution in [0.25, 0.3) is 0 Å². The summed E-state index contributed by atoms with van der Waals surface area (Å²) in [6.07, 6.45) is -0.677. The number of hydrogen-bond acceptors (Lipinski definition) is 6. The molecule has 0 saturated heterocycles. The third kappa shape index (κ3) is 7.60. The number of sulfonamides is 1. The number of nitrogens with zero attached hydrogens (tertiary/aromatic N) is 2. The van der Waals surface area contributed by atoms with E-state index in [1.807, 2.05) is 25.1 Å². The summed E-state index contributed by atoms with van der Waals surface area (Å²) in [6, 6.07) is 19.0. The molecule has 3 aromatic carbocycles. The number of para-hydroxylation sites is 1. The molecule has 1 aliphatic rings. The van der Waals surface area contributed by atoms with Crippen LogP contribution in [0.4, 0.5) is 16.2 Å². The first-order valence-corrected chi connectivity index (χ1v) is 15.3. The number of benzene rings is 3. The minimum absolute atomic E-state index is 0.000581. The Morgan fingerprint density at radius 3 is 2.43 bits per heavy atom. The van der Waals surface area contributed by atoms with Crippen molar-refractivity contribution in [2.75, 3.05) is 37.4 Å². The number of nitrogens with one attached hydrogen (secondary N) is 2. The van der Waals surface area contributed by atoms with Crippen LogP contribution in [0.5, 0.6) is 5.75 Å². The van der Waals surface area contributed by atoms with Crippen molar-refractivity contribution in [3.63, 3.8) is 0 Å². The van der Waals surface area contributed by atoms with E-state index in [9.17, 15) is 23.1 Å². The van der Waals surface area contributed by atoms with Crippen molar-refractivity contribution >= 4 is 44.9 Å². The normalized spacial score (nSPS) is 18.2. The van der Waals surface area contributed by atoms with E-state index < -0.39 is 28.2 Å². The molecule has 1 heterocycles. The fourth-order valence-corrected chi connectivity index (χ4v) is 5.99. The summed E-state index contributed by atoms with van der Waals surface area (Å²) in [6.45, 7) is 3.65. The summed E-state index contributed by atoms with van der Waals surface area (Å²) < 4.78 is 34.3. The highest BCUT2D eigenvalue weighted by molar-refractivity contribution is 7.89. The molecule has 3 atom stereocenters. The highest BCUT2D eigenvalue weighted by atomic mass is 35.5. The predicted octanol–water partition coefficient (Wildman–Crippen LogP) is 4.45. The topological polar surface area (TPSA) is 128 Å². The smallest absolute Gasteiger partial charge is 0.323 e. The van der Waals surface area contributed by atoms with Crippen molar-refractivity contribution in [3.05, 3.63) is 83.4 Å². The van der Waals surface area contributed by atoms with Gasteiger partial charge in [-0.3, -0.25) is 4.79 Å². The van der Waals surface area contributed by atoms with Crippen LogP contribution in [0.3, 0.4) is 0 Å². The summed E-state index contributed by atoms with van der Waals surface area (Å²) >= 11 is 5.95. The molecule has 42 heavy (non-hydrogen) atoms. The lowest BCUT2D eigenvalue weighted by atomic mass is 10.0. The molecule has 0 aromatic heterocycles. The van der Waals surface area contributed by atoms with Gasteiger partial charge in [0.1, 0.15) is 11.9 Å². The molecule has 0 spiro atoms. The number of fused-ring (bicyclic) bond motifs is 1. The predicted molar refractivity (Wildman–Crippen MR) is 162 cm³/mol. The Balaban J connectivity index is 1.62. The number of aliphatic hydroxyl groups excluding tert-OH is 1. The molecule has 0 bridgehead atoms. The maximum atomic E-state index is 13.4. The number of amides is 3. The molecule has 0 saturated carbocycles. The zero-order chi connectivity index (χ0) is 30.4. The van der Waals surface area contributed by atoms with Gasteiger partial charge in [0.25, 0.3) is 0 Å². The second-order valence-electron chi connectivity index (χ2n) is 10.4. The molecule has 10 nitrogen and oxygen atoms in total. The molecule has 3 amide bonds. The van der Waals surface area contributed by atoms with Crippen molar-refractivity contribution in [1.29, 1.82) is 0 Å². The molecular formula is C30H35ClN4O6S. The SMILES string of the molecule is C[C@H]1CN([C@@H](C)CO)C(=O)Cc2cc(NC(=O)Nc3ccccc3)ccc2O[C@@H]1CN(C)S(=O)(=O)c1ccc(Cl)cc1. The highest BCUT2D eigenvalue weighted by Gasteiger charge is 2.33. The Hall–Kier alpha value is -3.64. The molecule has 0 aliphatic carbocycles. The van der Waals surface area contributed by atoms with Gasteiger partial charge >= 0.3 is 6.03 Å². The molecule has 224 valence electrons. The largest absolute Gasteiger partial charge is 0.488 e. The number of ether oxygens (including phenoxy) is 1. The number of anilines is 2. The van der Waals surface area contributed by atoms with E-state index in [4.69, 9.17) is 16.3 Å². The van der Waals surface area contributed by atoms with E-state index in [0.717, 1.165) is 0 Å². The number of aliphatic hydroxyl groups is 1. The van der Waals surface area contributed by atoms with Gasteiger partial charge in [-0.2, -0.15) is 4.31 Å². The maximum absolute atomic E-state index is 13.4. The van der Waals surface area contributed by atoms with Gasteiger partial charge in [-0.1, -0.05) is 36.7 Å². The number of carbonyl (C=O) groups excluding carboxylic acids is 2. The molecule has 3 aromatic rings. The second kappa shape index (κ2) is 13.6. The first-order chi connectivity index (χ1) is 20.0. The number of urea groups is 1. The first-order valence-electron chi connectivity index (χ1n) is 13.5.